The molecule has 0 amide bonds. The number of alkyl halides is 1. The van der Waals surface area contributed by atoms with Gasteiger partial charge in [0.1, 0.15) is 5.75 Å². The summed E-state index contributed by atoms with van der Waals surface area (Å²) in [6, 6.07) is 9.52. The molecule has 6 heteroatoms. The van der Waals surface area contributed by atoms with Gasteiger partial charge in [0.15, 0.2) is 0 Å². The van der Waals surface area contributed by atoms with E-state index in [1.807, 2.05) is 13.0 Å². The minimum Gasteiger partial charge on any atom is -0.450 e. The van der Waals surface area contributed by atoms with E-state index in [0.29, 0.717) is 16.7 Å². The van der Waals surface area contributed by atoms with Crippen molar-refractivity contribution in [3.05, 3.63) is 62.7 Å². The largest absolute Gasteiger partial charge is 0.450 e. The first-order valence-corrected chi connectivity index (χ1v) is 6.70. The highest BCUT2D eigenvalue weighted by molar-refractivity contribution is 6.30. The summed E-state index contributed by atoms with van der Waals surface area (Å²) in [7, 11) is 0. The summed E-state index contributed by atoms with van der Waals surface area (Å²) in [6.07, 6.45) is 0. The highest BCUT2D eigenvalue weighted by Gasteiger charge is 2.16. The van der Waals surface area contributed by atoms with Crippen LogP contribution in [0.15, 0.2) is 36.4 Å². The Morgan fingerprint density at radius 1 is 1.25 bits per heavy atom. The fraction of sp³-hybridized carbons (Fsp3) is 0.143. The molecule has 2 aromatic rings. The van der Waals surface area contributed by atoms with E-state index in [9.17, 15) is 10.1 Å². The molecule has 0 aromatic heterocycles. The Morgan fingerprint density at radius 2 is 2.00 bits per heavy atom. The number of aryl methyl sites for hydroxylation is 1. The van der Waals surface area contributed by atoms with Crippen LogP contribution in [0.5, 0.6) is 11.5 Å². The molecule has 0 saturated carbocycles. The van der Waals surface area contributed by atoms with Crippen LogP contribution in [0.2, 0.25) is 5.02 Å². The zero-order valence-electron chi connectivity index (χ0n) is 10.6. The summed E-state index contributed by atoms with van der Waals surface area (Å²) in [5.41, 5.74) is 1.82. The zero-order chi connectivity index (χ0) is 14.7. The van der Waals surface area contributed by atoms with Crippen LogP contribution in [-0.4, -0.2) is 4.92 Å². The predicted octanol–water partition coefficient (Wildman–Crippen LogP) is 5.09. The second-order valence-electron chi connectivity index (χ2n) is 4.19. The van der Waals surface area contributed by atoms with Crippen LogP contribution < -0.4 is 4.74 Å². The van der Waals surface area contributed by atoms with Gasteiger partial charge in [-0.15, -0.1) is 11.6 Å². The highest BCUT2D eigenvalue weighted by Crippen LogP contribution is 2.34. The second-order valence-corrected chi connectivity index (χ2v) is 4.90. The quantitative estimate of drug-likeness (QED) is 0.449. The molecule has 0 N–H and O–H groups in total. The van der Waals surface area contributed by atoms with E-state index < -0.39 is 4.92 Å². The van der Waals surface area contributed by atoms with Crippen LogP contribution in [-0.2, 0) is 5.88 Å². The number of hydrogen-bond acceptors (Lipinski definition) is 3. The molecule has 0 aliphatic carbocycles. The summed E-state index contributed by atoms with van der Waals surface area (Å²) in [5.74, 6) is 1.02. The Morgan fingerprint density at radius 3 is 2.60 bits per heavy atom. The smallest absolute Gasteiger partial charge is 0.311 e. The van der Waals surface area contributed by atoms with Crippen molar-refractivity contribution >= 4 is 28.9 Å². The van der Waals surface area contributed by atoms with Gasteiger partial charge in [-0.3, -0.25) is 10.1 Å². The molecule has 4 nitrogen and oxygen atoms in total. The lowest BCUT2D eigenvalue weighted by atomic mass is 10.1. The van der Waals surface area contributed by atoms with Gasteiger partial charge in [-0.1, -0.05) is 17.7 Å². The molecule has 0 heterocycles. The fourth-order valence-corrected chi connectivity index (χ4v) is 2.19. The molecule has 0 fully saturated rings. The molecule has 0 bridgehead atoms. The lowest BCUT2D eigenvalue weighted by Crippen LogP contribution is -1.94. The van der Waals surface area contributed by atoms with Crippen molar-refractivity contribution in [1.82, 2.24) is 0 Å². The van der Waals surface area contributed by atoms with Crippen LogP contribution >= 0.6 is 23.2 Å². The molecule has 0 atom stereocenters. The van der Waals surface area contributed by atoms with Gasteiger partial charge < -0.3 is 4.74 Å². The maximum absolute atomic E-state index is 11.0. The zero-order valence-corrected chi connectivity index (χ0v) is 12.1. The fourth-order valence-electron chi connectivity index (χ4n) is 1.73. The summed E-state index contributed by atoms with van der Waals surface area (Å²) in [4.78, 5) is 10.4. The number of ether oxygens (including phenoxy) is 1. The minimum atomic E-state index is -0.508. The molecule has 0 spiro atoms. The molecule has 104 valence electrons. The molecule has 0 unspecified atom stereocenters. The summed E-state index contributed by atoms with van der Waals surface area (Å²) in [6.45, 7) is 1.90. The van der Waals surface area contributed by atoms with E-state index in [0.717, 1.165) is 11.1 Å². The summed E-state index contributed by atoms with van der Waals surface area (Å²) in [5, 5.41) is 11.3. The average molecular weight is 312 g/mol. The van der Waals surface area contributed by atoms with Crippen LogP contribution in [0, 0.1) is 17.0 Å². The first-order valence-electron chi connectivity index (χ1n) is 5.78. The molecule has 2 aromatic carbocycles. The van der Waals surface area contributed by atoms with Crippen molar-refractivity contribution in [3.63, 3.8) is 0 Å². The van der Waals surface area contributed by atoms with Crippen molar-refractivity contribution in [3.8, 4) is 11.5 Å². The van der Waals surface area contributed by atoms with E-state index >= 15 is 0 Å². The molecule has 0 aliphatic rings. The standard InChI is InChI=1S/C14H11Cl2NO3/c1-9-6-12(4-2-10(9)8-15)20-14-7-11(16)3-5-13(14)17(18)19/h2-7H,8H2,1H3. The number of nitro groups is 1. The molecular weight excluding hydrogens is 301 g/mol. The summed E-state index contributed by atoms with van der Waals surface area (Å²) >= 11 is 11.6. The number of nitro benzene ring substituents is 1. The van der Waals surface area contributed by atoms with Crippen molar-refractivity contribution < 1.29 is 9.66 Å². The normalized spacial score (nSPS) is 10.3. The third-order valence-electron chi connectivity index (χ3n) is 2.80. The molecule has 20 heavy (non-hydrogen) atoms. The minimum absolute atomic E-state index is 0.112. The van der Waals surface area contributed by atoms with E-state index in [-0.39, 0.29) is 11.4 Å². The van der Waals surface area contributed by atoms with Gasteiger partial charge in [-0.05, 0) is 36.2 Å². The third kappa shape index (κ3) is 3.21. The monoisotopic (exact) mass is 311 g/mol. The maximum atomic E-state index is 11.0. The number of nitrogens with zero attached hydrogens (tertiary/aromatic N) is 1. The van der Waals surface area contributed by atoms with Crippen molar-refractivity contribution in [2.45, 2.75) is 12.8 Å². The topological polar surface area (TPSA) is 52.4 Å². The van der Waals surface area contributed by atoms with Crippen LogP contribution in [0.1, 0.15) is 11.1 Å². The molecule has 2 rings (SSSR count). The van der Waals surface area contributed by atoms with Gasteiger partial charge in [-0.2, -0.15) is 0 Å². The van der Waals surface area contributed by atoms with Gasteiger partial charge >= 0.3 is 5.69 Å². The lowest BCUT2D eigenvalue weighted by molar-refractivity contribution is -0.385. The van der Waals surface area contributed by atoms with Crippen LogP contribution in [0.4, 0.5) is 5.69 Å². The van der Waals surface area contributed by atoms with E-state index in [2.05, 4.69) is 0 Å². The maximum Gasteiger partial charge on any atom is 0.311 e. The number of halogens is 2. The van der Waals surface area contributed by atoms with Gasteiger partial charge in [-0.25, -0.2) is 0 Å². The van der Waals surface area contributed by atoms with Crippen molar-refractivity contribution in [1.29, 1.82) is 0 Å². The van der Waals surface area contributed by atoms with Gasteiger partial charge in [0.25, 0.3) is 0 Å². The van der Waals surface area contributed by atoms with Crippen molar-refractivity contribution in [2.75, 3.05) is 0 Å². The Balaban J connectivity index is 2.36. The van der Waals surface area contributed by atoms with E-state index in [4.69, 9.17) is 27.9 Å². The lowest BCUT2D eigenvalue weighted by Gasteiger charge is -2.09. The Kier molecular flexibility index (Phi) is 4.47. The summed E-state index contributed by atoms with van der Waals surface area (Å²) < 4.78 is 5.56. The predicted molar refractivity (Wildman–Crippen MR) is 78.9 cm³/mol. The van der Waals surface area contributed by atoms with Gasteiger partial charge in [0, 0.05) is 23.0 Å². The Hall–Kier alpha value is -1.78. The Labute approximate surface area is 126 Å². The number of rotatable bonds is 4. The molecule has 0 radical (unpaired) electrons. The van der Waals surface area contributed by atoms with Gasteiger partial charge in [0.2, 0.25) is 5.75 Å². The number of benzene rings is 2. The second kappa shape index (κ2) is 6.11. The first-order chi connectivity index (χ1) is 9.51. The average Bonchev–Trinajstić information content (AvgIpc) is 2.38. The van der Waals surface area contributed by atoms with E-state index in [1.54, 1.807) is 12.1 Å². The van der Waals surface area contributed by atoms with Crippen LogP contribution in [0.3, 0.4) is 0 Å². The molecular formula is C14H11Cl2NO3. The van der Waals surface area contributed by atoms with Crippen molar-refractivity contribution in [2.24, 2.45) is 0 Å². The highest BCUT2D eigenvalue weighted by atomic mass is 35.5. The number of hydrogen-bond donors (Lipinski definition) is 0. The first kappa shape index (κ1) is 14.6. The van der Waals surface area contributed by atoms with Crippen LogP contribution in [0.25, 0.3) is 0 Å². The Bertz CT molecular complexity index is 659. The third-order valence-corrected chi connectivity index (χ3v) is 3.33. The molecule has 0 saturated heterocycles. The van der Waals surface area contributed by atoms with Gasteiger partial charge in [0.05, 0.1) is 4.92 Å². The van der Waals surface area contributed by atoms with E-state index in [1.165, 1.54) is 18.2 Å². The SMILES string of the molecule is Cc1cc(Oc2cc(Cl)ccc2[N+](=O)[O-])ccc1CCl. The molecule has 0 aliphatic heterocycles.